The van der Waals surface area contributed by atoms with E-state index in [1.807, 2.05) is 11.2 Å². The van der Waals surface area contributed by atoms with Crippen LogP contribution in [0, 0.1) is 10.6 Å². The highest BCUT2D eigenvalue weighted by molar-refractivity contribution is 7.98. The zero-order chi connectivity index (χ0) is 15.0. The predicted octanol–water partition coefficient (Wildman–Crippen LogP) is 3.33. The van der Waals surface area contributed by atoms with Crippen LogP contribution in [0.25, 0.3) is 11.0 Å². The van der Waals surface area contributed by atoms with Crippen LogP contribution in [0.1, 0.15) is 23.2 Å². The topological polar surface area (TPSA) is 51.9 Å². The fourth-order valence-corrected chi connectivity index (χ4v) is 3.84. The summed E-state index contributed by atoms with van der Waals surface area (Å²) in [6, 6.07) is 2.87. The van der Waals surface area contributed by atoms with Crippen LogP contribution in [-0.4, -0.2) is 45.4 Å². The SMILES string of the molecule is CSC[C@H]1CCCN1C(=O)c1cc(F)cc2[nH]c(=S)[nH]c12. The molecule has 0 aliphatic carbocycles. The molecule has 3 rings (SSSR count). The molecule has 0 bridgehead atoms. The van der Waals surface area contributed by atoms with E-state index in [1.54, 1.807) is 11.8 Å². The van der Waals surface area contributed by atoms with E-state index in [4.69, 9.17) is 12.2 Å². The van der Waals surface area contributed by atoms with Gasteiger partial charge in [-0.05, 0) is 43.4 Å². The Hall–Kier alpha value is -1.34. The van der Waals surface area contributed by atoms with E-state index >= 15 is 0 Å². The Bertz CT molecular complexity index is 739. The molecule has 1 saturated heterocycles. The van der Waals surface area contributed by atoms with E-state index in [-0.39, 0.29) is 11.9 Å². The van der Waals surface area contributed by atoms with Crippen molar-refractivity contribution in [1.82, 2.24) is 14.9 Å². The molecule has 2 aromatic rings. The molecule has 21 heavy (non-hydrogen) atoms. The van der Waals surface area contributed by atoms with Crippen molar-refractivity contribution in [3.63, 3.8) is 0 Å². The molecular weight excluding hydrogens is 309 g/mol. The quantitative estimate of drug-likeness (QED) is 0.851. The van der Waals surface area contributed by atoms with E-state index in [2.05, 4.69) is 9.97 Å². The molecule has 0 radical (unpaired) electrons. The normalized spacial score (nSPS) is 18.6. The van der Waals surface area contributed by atoms with Gasteiger partial charge in [0.1, 0.15) is 5.82 Å². The molecule has 0 unspecified atom stereocenters. The van der Waals surface area contributed by atoms with Gasteiger partial charge in [-0.25, -0.2) is 4.39 Å². The predicted molar refractivity (Wildman–Crippen MR) is 85.9 cm³/mol. The van der Waals surface area contributed by atoms with Crippen LogP contribution in [-0.2, 0) is 0 Å². The average Bonchev–Trinajstić information content (AvgIpc) is 3.03. The Morgan fingerprint density at radius 2 is 2.33 bits per heavy atom. The van der Waals surface area contributed by atoms with Crippen LogP contribution in [0.5, 0.6) is 0 Å². The number of benzene rings is 1. The van der Waals surface area contributed by atoms with Crippen molar-refractivity contribution in [3.8, 4) is 0 Å². The van der Waals surface area contributed by atoms with Crippen LogP contribution < -0.4 is 0 Å². The lowest BCUT2D eigenvalue weighted by Crippen LogP contribution is -2.37. The number of nitrogens with zero attached hydrogens (tertiary/aromatic N) is 1. The van der Waals surface area contributed by atoms with E-state index in [9.17, 15) is 9.18 Å². The van der Waals surface area contributed by atoms with E-state index in [1.165, 1.54) is 12.1 Å². The largest absolute Gasteiger partial charge is 0.335 e. The number of hydrogen-bond acceptors (Lipinski definition) is 3. The van der Waals surface area contributed by atoms with Gasteiger partial charge in [-0.2, -0.15) is 11.8 Å². The van der Waals surface area contributed by atoms with Gasteiger partial charge in [0.25, 0.3) is 5.91 Å². The first-order chi connectivity index (χ1) is 10.1. The van der Waals surface area contributed by atoms with Gasteiger partial charge in [-0.3, -0.25) is 4.79 Å². The molecule has 0 spiro atoms. The van der Waals surface area contributed by atoms with Gasteiger partial charge in [-0.1, -0.05) is 0 Å². The standard InChI is InChI=1S/C14H16FN3OS2/c1-21-7-9-3-2-4-18(9)13(19)10-5-8(15)6-11-12(10)17-14(20)16-11/h5-6,9H,2-4,7H2,1H3,(H2,16,17,20)/t9-/m1/s1. The molecule has 1 aliphatic heterocycles. The first kappa shape index (κ1) is 14.6. The number of halogens is 1. The van der Waals surface area contributed by atoms with Gasteiger partial charge in [0, 0.05) is 18.3 Å². The molecule has 112 valence electrons. The summed E-state index contributed by atoms with van der Waals surface area (Å²) in [4.78, 5) is 20.5. The maximum Gasteiger partial charge on any atom is 0.256 e. The summed E-state index contributed by atoms with van der Waals surface area (Å²) in [5.74, 6) is 0.353. The molecule has 2 heterocycles. The zero-order valence-corrected chi connectivity index (χ0v) is 13.2. The number of thioether (sulfide) groups is 1. The van der Waals surface area contributed by atoms with Crippen molar-refractivity contribution >= 4 is 40.9 Å². The summed E-state index contributed by atoms with van der Waals surface area (Å²) >= 11 is 6.77. The minimum Gasteiger partial charge on any atom is -0.335 e. The number of aromatic amines is 2. The zero-order valence-electron chi connectivity index (χ0n) is 11.6. The Kier molecular flexibility index (Phi) is 4.03. The summed E-state index contributed by atoms with van der Waals surface area (Å²) < 4.78 is 14.2. The Balaban J connectivity index is 2.03. The number of rotatable bonds is 3. The number of likely N-dealkylation sites (tertiary alicyclic amines) is 1. The lowest BCUT2D eigenvalue weighted by Gasteiger charge is -2.24. The van der Waals surface area contributed by atoms with Gasteiger partial charge in [0.2, 0.25) is 0 Å². The lowest BCUT2D eigenvalue weighted by atomic mass is 10.1. The van der Waals surface area contributed by atoms with Crippen LogP contribution in [0.3, 0.4) is 0 Å². The highest BCUT2D eigenvalue weighted by Crippen LogP contribution is 2.25. The van der Waals surface area contributed by atoms with Crippen LogP contribution >= 0.6 is 24.0 Å². The molecule has 4 nitrogen and oxygen atoms in total. The third-order valence-electron chi connectivity index (χ3n) is 3.82. The first-order valence-electron chi connectivity index (χ1n) is 6.81. The molecular formula is C14H16FN3OS2. The second-order valence-corrected chi connectivity index (χ2v) is 6.52. The number of fused-ring (bicyclic) bond motifs is 1. The summed E-state index contributed by atoms with van der Waals surface area (Å²) in [5.41, 5.74) is 1.47. The Labute approximate surface area is 131 Å². The van der Waals surface area contributed by atoms with Crippen LogP contribution in [0.2, 0.25) is 0 Å². The number of amides is 1. The van der Waals surface area contributed by atoms with Crippen molar-refractivity contribution < 1.29 is 9.18 Å². The second kappa shape index (κ2) is 5.81. The third kappa shape index (κ3) is 2.72. The summed E-state index contributed by atoms with van der Waals surface area (Å²) in [7, 11) is 0. The molecule has 2 N–H and O–H groups in total. The highest BCUT2D eigenvalue weighted by Gasteiger charge is 2.30. The van der Waals surface area contributed by atoms with Crippen molar-refractivity contribution in [2.24, 2.45) is 0 Å². The molecule has 0 saturated carbocycles. The number of carbonyl (C=O) groups excluding carboxylic acids is 1. The Morgan fingerprint density at radius 3 is 3.10 bits per heavy atom. The minimum absolute atomic E-state index is 0.124. The summed E-state index contributed by atoms with van der Waals surface area (Å²) in [6.07, 6.45) is 4.04. The lowest BCUT2D eigenvalue weighted by molar-refractivity contribution is 0.0751. The van der Waals surface area contributed by atoms with Crippen molar-refractivity contribution in [3.05, 3.63) is 28.3 Å². The van der Waals surface area contributed by atoms with Crippen molar-refractivity contribution in [2.45, 2.75) is 18.9 Å². The van der Waals surface area contributed by atoms with Gasteiger partial charge in [0.15, 0.2) is 4.77 Å². The molecule has 1 aliphatic rings. The van der Waals surface area contributed by atoms with Crippen molar-refractivity contribution in [2.75, 3.05) is 18.6 Å². The van der Waals surface area contributed by atoms with Gasteiger partial charge in [0.05, 0.1) is 16.6 Å². The number of H-pyrrole nitrogens is 2. The van der Waals surface area contributed by atoms with E-state index in [0.29, 0.717) is 21.4 Å². The number of hydrogen-bond donors (Lipinski definition) is 2. The Morgan fingerprint density at radius 1 is 1.52 bits per heavy atom. The average molecular weight is 325 g/mol. The number of imidazole rings is 1. The first-order valence-corrected chi connectivity index (χ1v) is 8.62. The second-order valence-electron chi connectivity index (χ2n) is 5.20. The fourth-order valence-electron chi connectivity index (χ4n) is 2.90. The number of nitrogens with one attached hydrogen (secondary N) is 2. The molecule has 1 amide bonds. The molecule has 1 aromatic heterocycles. The number of carbonyl (C=O) groups is 1. The minimum atomic E-state index is -0.434. The summed E-state index contributed by atoms with van der Waals surface area (Å²) in [5, 5.41) is 0. The van der Waals surface area contributed by atoms with E-state index < -0.39 is 5.82 Å². The van der Waals surface area contributed by atoms with Crippen molar-refractivity contribution in [1.29, 1.82) is 0 Å². The highest BCUT2D eigenvalue weighted by atomic mass is 32.2. The fraction of sp³-hybridized carbons (Fsp3) is 0.429. The molecule has 7 heteroatoms. The van der Waals surface area contributed by atoms with Gasteiger partial charge in [-0.15, -0.1) is 0 Å². The van der Waals surface area contributed by atoms with Gasteiger partial charge < -0.3 is 14.9 Å². The maximum atomic E-state index is 13.8. The maximum absolute atomic E-state index is 13.8. The van der Waals surface area contributed by atoms with Crippen LogP contribution in [0.4, 0.5) is 4.39 Å². The number of aromatic nitrogens is 2. The van der Waals surface area contributed by atoms with Crippen LogP contribution in [0.15, 0.2) is 12.1 Å². The summed E-state index contributed by atoms with van der Waals surface area (Å²) in [6.45, 7) is 0.729. The molecule has 1 aromatic carbocycles. The monoisotopic (exact) mass is 325 g/mol. The smallest absolute Gasteiger partial charge is 0.256 e. The molecule has 1 fully saturated rings. The third-order valence-corrected chi connectivity index (χ3v) is 4.74. The molecule has 1 atom stereocenters. The van der Waals surface area contributed by atoms with Gasteiger partial charge >= 0.3 is 0 Å². The van der Waals surface area contributed by atoms with E-state index in [0.717, 1.165) is 25.1 Å².